The van der Waals surface area contributed by atoms with Gasteiger partial charge < -0.3 is 9.47 Å². The van der Waals surface area contributed by atoms with Crippen LogP contribution in [0.1, 0.15) is 44.1 Å². The van der Waals surface area contributed by atoms with Crippen LogP contribution < -0.4 is 11.2 Å². The molecule has 6 nitrogen and oxygen atoms in total. The SMILES string of the molecule is Cn1cc(/C=C/C(=O)N2CCC[C@@H]3CCCC[C@@H]32)c(=O)n(C)c1=O. The molecule has 3 rings (SSSR count). The van der Waals surface area contributed by atoms with Crippen LogP contribution in [0.4, 0.5) is 0 Å². The highest BCUT2D eigenvalue weighted by Gasteiger charge is 2.34. The van der Waals surface area contributed by atoms with Gasteiger partial charge in [-0.2, -0.15) is 0 Å². The van der Waals surface area contributed by atoms with E-state index in [1.807, 2.05) is 4.90 Å². The zero-order valence-electron chi connectivity index (χ0n) is 14.4. The number of carbonyl (C=O) groups excluding carboxylic acids is 1. The van der Waals surface area contributed by atoms with Crippen molar-refractivity contribution in [2.75, 3.05) is 6.54 Å². The number of likely N-dealkylation sites (tertiary alicyclic amines) is 1. The molecule has 1 aliphatic carbocycles. The fourth-order valence-electron chi connectivity index (χ4n) is 4.11. The smallest absolute Gasteiger partial charge is 0.330 e. The molecule has 2 heterocycles. The van der Waals surface area contributed by atoms with Crippen molar-refractivity contribution in [1.82, 2.24) is 14.0 Å². The van der Waals surface area contributed by atoms with E-state index in [4.69, 9.17) is 0 Å². The van der Waals surface area contributed by atoms with E-state index in [0.717, 1.165) is 24.0 Å². The Morgan fingerprint density at radius 3 is 2.62 bits per heavy atom. The number of hydrogen-bond donors (Lipinski definition) is 0. The molecule has 2 fully saturated rings. The van der Waals surface area contributed by atoms with E-state index in [-0.39, 0.29) is 17.2 Å². The summed E-state index contributed by atoms with van der Waals surface area (Å²) in [5, 5.41) is 0. The fraction of sp³-hybridized carbons (Fsp3) is 0.611. The van der Waals surface area contributed by atoms with Gasteiger partial charge in [0, 0.05) is 39.0 Å². The van der Waals surface area contributed by atoms with Gasteiger partial charge in [0.2, 0.25) is 5.91 Å². The van der Waals surface area contributed by atoms with Crippen molar-refractivity contribution in [3.05, 3.63) is 38.7 Å². The third-order valence-electron chi connectivity index (χ3n) is 5.40. The van der Waals surface area contributed by atoms with Gasteiger partial charge in [0.05, 0.1) is 5.56 Å². The Kier molecular flexibility index (Phi) is 4.73. The number of aryl methyl sites for hydroxylation is 1. The number of nitrogens with zero attached hydrogens (tertiary/aromatic N) is 3. The maximum absolute atomic E-state index is 12.6. The lowest BCUT2D eigenvalue weighted by Gasteiger charge is -2.43. The highest BCUT2D eigenvalue weighted by molar-refractivity contribution is 5.92. The lowest BCUT2D eigenvalue weighted by Crippen LogP contribution is -2.49. The zero-order valence-corrected chi connectivity index (χ0v) is 14.4. The number of fused-ring (bicyclic) bond motifs is 1. The second kappa shape index (κ2) is 6.79. The first-order valence-electron chi connectivity index (χ1n) is 8.74. The molecule has 1 aromatic rings. The van der Waals surface area contributed by atoms with Gasteiger partial charge in [0.1, 0.15) is 0 Å². The number of piperidine rings is 1. The van der Waals surface area contributed by atoms with Crippen LogP contribution >= 0.6 is 0 Å². The third kappa shape index (κ3) is 3.09. The maximum atomic E-state index is 12.6. The van der Waals surface area contributed by atoms with Crippen molar-refractivity contribution >= 4 is 12.0 Å². The van der Waals surface area contributed by atoms with Gasteiger partial charge in [-0.3, -0.25) is 14.2 Å². The van der Waals surface area contributed by atoms with Crippen LogP contribution in [-0.4, -0.2) is 32.5 Å². The summed E-state index contributed by atoms with van der Waals surface area (Å²) in [6.07, 6.45) is 11.6. The average molecular weight is 331 g/mol. The van der Waals surface area contributed by atoms with E-state index >= 15 is 0 Å². The van der Waals surface area contributed by atoms with Crippen LogP contribution in [0.15, 0.2) is 21.9 Å². The lowest BCUT2D eigenvalue weighted by molar-refractivity contribution is -0.132. The molecule has 0 radical (unpaired) electrons. The molecule has 6 heteroatoms. The predicted molar refractivity (Wildman–Crippen MR) is 92.7 cm³/mol. The summed E-state index contributed by atoms with van der Waals surface area (Å²) >= 11 is 0. The summed E-state index contributed by atoms with van der Waals surface area (Å²) in [6, 6.07) is 0.354. The summed E-state index contributed by atoms with van der Waals surface area (Å²) in [5.74, 6) is 0.609. The maximum Gasteiger partial charge on any atom is 0.330 e. The first-order chi connectivity index (χ1) is 11.5. The third-order valence-corrected chi connectivity index (χ3v) is 5.40. The van der Waals surface area contributed by atoms with E-state index in [1.54, 1.807) is 7.05 Å². The molecule has 0 spiro atoms. The Labute approximate surface area is 141 Å². The number of aromatic nitrogens is 2. The molecular formula is C18H25N3O3. The standard InChI is InChI=1S/C18H25N3O3/c1-19-12-14(17(23)20(2)18(19)24)9-10-16(22)21-11-5-7-13-6-3-4-8-15(13)21/h9-10,12-13,15H,3-8,11H2,1-2H3/b10-9+/t13-,15-/m0/s1. The van der Waals surface area contributed by atoms with Crippen molar-refractivity contribution in [3.8, 4) is 0 Å². The van der Waals surface area contributed by atoms with Crippen LogP contribution in [0.2, 0.25) is 0 Å². The number of carbonyl (C=O) groups is 1. The number of rotatable bonds is 2. The van der Waals surface area contributed by atoms with Gasteiger partial charge in [0.25, 0.3) is 5.56 Å². The average Bonchev–Trinajstić information content (AvgIpc) is 2.61. The molecule has 1 aliphatic heterocycles. The van der Waals surface area contributed by atoms with Gasteiger partial charge in [0.15, 0.2) is 0 Å². The Morgan fingerprint density at radius 1 is 1.12 bits per heavy atom. The van der Waals surface area contributed by atoms with Crippen LogP contribution in [0, 0.1) is 5.92 Å². The second-order valence-electron chi connectivity index (χ2n) is 6.96. The van der Waals surface area contributed by atoms with E-state index in [9.17, 15) is 14.4 Å². The molecule has 1 aromatic heterocycles. The molecule has 0 N–H and O–H groups in total. The first-order valence-corrected chi connectivity index (χ1v) is 8.74. The number of hydrogen-bond acceptors (Lipinski definition) is 3. The van der Waals surface area contributed by atoms with Crippen LogP contribution in [0.25, 0.3) is 6.08 Å². The molecule has 1 saturated carbocycles. The van der Waals surface area contributed by atoms with Gasteiger partial charge in [-0.1, -0.05) is 12.8 Å². The van der Waals surface area contributed by atoms with E-state index < -0.39 is 0 Å². The van der Waals surface area contributed by atoms with Crippen molar-refractivity contribution in [2.24, 2.45) is 20.0 Å². The fourth-order valence-corrected chi connectivity index (χ4v) is 4.11. The zero-order chi connectivity index (χ0) is 17.3. The topological polar surface area (TPSA) is 64.3 Å². The van der Waals surface area contributed by atoms with Crippen LogP contribution in [0.3, 0.4) is 0 Å². The largest absolute Gasteiger partial charge is 0.336 e. The highest BCUT2D eigenvalue weighted by Crippen LogP contribution is 2.35. The quantitative estimate of drug-likeness (QED) is 0.767. The molecular weight excluding hydrogens is 306 g/mol. The number of amides is 1. The van der Waals surface area contributed by atoms with Gasteiger partial charge in [-0.15, -0.1) is 0 Å². The summed E-state index contributed by atoms with van der Waals surface area (Å²) in [7, 11) is 3.04. The molecule has 2 aliphatic rings. The second-order valence-corrected chi connectivity index (χ2v) is 6.96. The molecule has 24 heavy (non-hydrogen) atoms. The minimum absolute atomic E-state index is 0.0255. The Hall–Kier alpha value is -2.11. The monoisotopic (exact) mass is 331 g/mol. The molecule has 1 saturated heterocycles. The van der Waals surface area contributed by atoms with Gasteiger partial charge in [-0.05, 0) is 37.7 Å². The predicted octanol–water partition coefficient (Wildman–Crippen LogP) is 1.28. The first kappa shape index (κ1) is 16.7. The van der Waals surface area contributed by atoms with Crippen molar-refractivity contribution in [2.45, 2.75) is 44.6 Å². The van der Waals surface area contributed by atoms with Crippen LogP contribution in [-0.2, 0) is 18.9 Å². The van der Waals surface area contributed by atoms with Crippen LogP contribution in [0.5, 0.6) is 0 Å². The van der Waals surface area contributed by atoms with E-state index in [1.165, 1.54) is 55.6 Å². The lowest BCUT2D eigenvalue weighted by atomic mass is 9.78. The Morgan fingerprint density at radius 2 is 1.83 bits per heavy atom. The summed E-state index contributed by atoms with van der Waals surface area (Å²) < 4.78 is 2.41. The molecule has 0 unspecified atom stereocenters. The summed E-state index contributed by atoms with van der Waals surface area (Å²) in [6.45, 7) is 0.801. The Bertz CT molecular complexity index is 773. The molecule has 2 atom stereocenters. The Balaban J connectivity index is 1.80. The van der Waals surface area contributed by atoms with Crippen molar-refractivity contribution in [1.29, 1.82) is 0 Å². The van der Waals surface area contributed by atoms with Crippen molar-refractivity contribution < 1.29 is 4.79 Å². The van der Waals surface area contributed by atoms with E-state index in [2.05, 4.69) is 0 Å². The normalized spacial score (nSPS) is 24.2. The summed E-state index contributed by atoms with van der Waals surface area (Å²) in [5.41, 5.74) is -0.397. The minimum atomic E-state index is -0.378. The molecule has 1 amide bonds. The van der Waals surface area contributed by atoms with Gasteiger partial charge >= 0.3 is 5.69 Å². The van der Waals surface area contributed by atoms with E-state index in [0.29, 0.717) is 17.5 Å². The van der Waals surface area contributed by atoms with Gasteiger partial charge in [-0.25, -0.2) is 4.79 Å². The summed E-state index contributed by atoms with van der Waals surface area (Å²) in [4.78, 5) is 38.5. The minimum Gasteiger partial charge on any atom is -0.336 e. The molecule has 0 aromatic carbocycles. The molecule has 130 valence electrons. The van der Waals surface area contributed by atoms with Crippen molar-refractivity contribution in [3.63, 3.8) is 0 Å². The highest BCUT2D eigenvalue weighted by atomic mass is 16.2. The molecule has 0 bridgehead atoms.